The molecule has 0 radical (unpaired) electrons. The third-order valence-corrected chi connectivity index (χ3v) is 8.15. The van der Waals surface area contributed by atoms with Gasteiger partial charge in [-0.1, -0.05) is 58.6 Å². The molecule has 2 nitrogen and oxygen atoms in total. The van der Waals surface area contributed by atoms with Gasteiger partial charge in [0.05, 0.1) is 24.0 Å². The van der Waals surface area contributed by atoms with Crippen LogP contribution >= 0.6 is 0 Å². The second-order valence-corrected chi connectivity index (χ2v) is 10.0. The molecule has 0 aromatic heterocycles. The molecule has 0 saturated heterocycles. The molecule has 2 fully saturated rings. The van der Waals surface area contributed by atoms with Crippen LogP contribution in [0.3, 0.4) is 0 Å². The fourth-order valence-corrected chi connectivity index (χ4v) is 6.73. The highest BCUT2D eigenvalue weighted by Crippen LogP contribution is 2.63. The first-order chi connectivity index (χ1) is 12.4. The molecule has 0 aromatic rings. The van der Waals surface area contributed by atoms with E-state index in [9.17, 15) is 10.5 Å². The van der Waals surface area contributed by atoms with Crippen LogP contribution in [0.1, 0.15) is 79.1 Å². The summed E-state index contributed by atoms with van der Waals surface area (Å²) in [5.74, 6) is 3.30. The molecule has 3 aliphatic carbocycles. The predicted molar refractivity (Wildman–Crippen MR) is 106 cm³/mol. The highest BCUT2D eigenvalue weighted by atomic mass is 14.6. The van der Waals surface area contributed by atoms with Crippen LogP contribution in [0.25, 0.3) is 0 Å². The first-order valence-corrected chi connectivity index (χ1v) is 10.9. The Morgan fingerprint density at radius 2 is 1.88 bits per heavy atom. The van der Waals surface area contributed by atoms with Crippen LogP contribution in [0.2, 0.25) is 0 Å². The third-order valence-electron chi connectivity index (χ3n) is 8.15. The average molecular weight is 353 g/mol. The van der Waals surface area contributed by atoms with E-state index in [0.717, 1.165) is 30.6 Å². The van der Waals surface area contributed by atoms with E-state index in [0.29, 0.717) is 17.3 Å². The van der Waals surface area contributed by atoms with Crippen LogP contribution in [0, 0.1) is 69.5 Å². The molecule has 0 N–H and O–H groups in total. The lowest BCUT2D eigenvalue weighted by atomic mass is 9.54. The average Bonchev–Trinajstić information content (AvgIpc) is 2.97. The molecule has 2 heteroatoms. The van der Waals surface area contributed by atoms with Gasteiger partial charge in [-0.15, -0.1) is 0 Å². The van der Waals surface area contributed by atoms with Crippen LogP contribution in [-0.2, 0) is 0 Å². The van der Waals surface area contributed by atoms with E-state index in [4.69, 9.17) is 0 Å². The standard InChI is InChI=1S/C24H36N2/c1-16(2)6-5-7-17(3)22-10-11-23-20-9-8-18(14-25)21(15-26)19(20)12-13-24(22,23)4/h9,16-19,21-23H,5-8,10-13H2,1-4H3/t17-,18-,19-,21-,22-,23+,24-/m1/s1. The Morgan fingerprint density at radius 1 is 1.12 bits per heavy atom. The number of allylic oxidation sites excluding steroid dienone is 2. The minimum atomic E-state index is -0.0923. The molecule has 2 saturated carbocycles. The summed E-state index contributed by atoms with van der Waals surface area (Å²) in [5, 5.41) is 19.1. The van der Waals surface area contributed by atoms with Gasteiger partial charge >= 0.3 is 0 Å². The monoisotopic (exact) mass is 352 g/mol. The summed E-state index contributed by atoms with van der Waals surface area (Å²) in [6, 6.07) is 4.90. The van der Waals surface area contributed by atoms with Gasteiger partial charge in [-0.05, 0) is 67.1 Å². The minimum Gasteiger partial charge on any atom is -0.198 e. The Labute approximate surface area is 160 Å². The lowest BCUT2D eigenvalue weighted by Gasteiger charge is -2.49. The van der Waals surface area contributed by atoms with E-state index in [1.165, 1.54) is 38.5 Å². The molecule has 0 amide bonds. The molecule has 7 atom stereocenters. The molecule has 0 aromatic carbocycles. The van der Waals surface area contributed by atoms with E-state index in [2.05, 4.69) is 45.9 Å². The van der Waals surface area contributed by atoms with Crippen molar-refractivity contribution in [3.05, 3.63) is 11.6 Å². The van der Waals surface area contributed by atoms with E-state index >= 15 is 0 Å². The zero-order chi connectivity index (χ0) is 18.9. The van der Waals surface area contributed by atoms with Crippen molar-refractivity contribution < 1.29 is 0 Å². The number of hydrogen-bond acceptors (Lipinski definition) is 2. The fourth-order valence-electron chi connectivity index (χ4n) is 6.73. The number of rotatable bonds is 5. The molecule has 142 valence electrons. The largest absolute Gasteiger partial charge is 0.198 e. The molecular formula is C24H36N2. The van der Waals surface area contributed by atoms with E-state index in [1.54, 1.807) is 5.57 Å². The zero-order valence-corrected chi connectivity index (χ0v) is 17.2. The molecule has 26 heavy (non-hydrogen) atoms. The highest BCUT2D eigenvalue weighted by molar-refractivity contribution is 5.28. The summed E-state index contributed by atoms with van der Waals surface area (Å²) in [6.07, 6.45) is 12.3. The van der Waals surface area contributed by atoms with Gasteiger partial charge in [0.1, 0.15) is 0 Å². The maximum absolute atomic E-state index is 9.69. The van der Waals surface area contributed by atoms with Crippen molar-refractivity contribution in [2.24, 2.45) is 46.8 Å². The van der Waals surface area contributed by atoms with Crippen LogP contribution < -0.4 is 0 Å². The van der Waals surface area contributed by atoms with E-state index in [-0.39, 0.29) is 11.8 Å². The molecule has 0 aliphatic heterocycles. The van der Waals surface area contributed by atoms with E-state index < -0.39 is 0 Å². The number of nitriles is 2. The first kappa shape index (κ1) is 19.5. The topological polar surface area (TPSA) is 47.6 Å². The summed E-state index contributed by atoms with van der Waals surface area (Å²) in [5.41, 5.74) is 1.98. The number of nitrogens with zero attached hydrogens (tertiary/aromatic N) is 2. The molecule has 3 rings (SSSR count). The molecule has 0 heterocycles. The summed E-state index contributed by atoms with van der Waals surface area (Å²) < 4.78 is 0. The van der Waals surface area contributed by atoms with Crippen LogP contribution in [0.5, 0.6) is 0 Å². The lowest BCUT2D eigenvalue weighted by Crippen LogP contribution is -2.42. The lowest BCUT2D eigenvalue weighted by molar-refractivity contribution is 0.0649. The Hall–Kier alpha value is -1.28. The second kappa shape index (κ2) is 7.76. The van der Waals surface area contributed by atoms with E-state index in [1.807, 2.05) is 0 Å². The molecule has 0 bridgehead atoms. The van der Waals surface area contributed by atoms with Gasteiger partial charge in [0, 0.05) is 0 Å². The van der Waals surface area contributed by atoms with Crippen molar-refractivity contribution in [3.8, 4) is 12.1 Å². The number of hydrogen-bond donors (Lipinski definition) is 0. The van der Waals surface area contributed by atoms with Crippen molar-refractivity contribution >= 4 is 0 Å². The van der Waals surface area contributed by atoms with Crippen molar-refractivity contribution in [1.29, 1.82) is 10.5 Å². The Kier molecular flexibility index (Phi) is 5.81. The van der Waals surface area contributed by atoms with Crippen molar-refractivity contribution in [3.63, 3.8) is 0 Å². The van der Waals surface area contributed by atoms with Gasteiger partial charge in [-0.2, -0.15) is 10.5 Å². The normalized spacial score (nSPS) is 40.1. The number of fused-ring (bicyclic) bond motifs is 3. The summed E-state index contributed by atoms with van der Waals surface area (Å²) >= 11 is 0. The van der Waals surface area contributed by atoms with Crippen LogP contribution in [0.15, 0.2) is 11.6 Å². The molecular weight excluding hydrogens is 316 g/mol. The highest BCUT2D eigenvalue weighted by Gasteiger charge is 2.54. The van der Waals surface area contributed by atoms with Crippen molar-refractivity contribution in [1.82, 2.24) is 0 Å². The van der Waals surface area contributed by atoms with Crippen molar-refractivity contribution in [2.45, 2.75) is 79.1 Å². The SMILES string of the molecule is CC(C)CCC[C@@H](C)[C@H]1CC[C@H]2C3=CC[C@H](C#N)[C@@H](C#N)[C@@H]3CC[C@]12C. The first-order valence-electron chi connectivity index (χ1n) is 10.9. The molecule has 3 aliphatic rings. The minimum absolute atomic E-state index is 0.0768. The predicted octanol–water partition coefficient (Wildman–Crippen LogP) is 6.50. The smallest absolute Gasteiger partial charge is 0.0690 e. The van der Waals surface area contributed by atoms with Gasteiger partial charge in [0.2, 0.25) is 0 Å². The maximum Gasteiger partial charge on any atom is 0.0690 e. The van der Waals surface area contributed by atoms with Crippen molar-refractivity contribution in [2.75, 3.05) is 0 Å². The second-order valence-electron chi connectivity index (χ2n) is 10.0. The van der Waals surface area contributed by atoms with Gasteiger partial charge in [0.15, 0.2) is 0 Å². The third kappa shape index (κ3) is 3.33. The Balaban J connectivity index is 1.75. The van der Waals surface area contributed by atoms with Gasteiger partial charge < -0.3 is 0 Å². The van der Waals surface area contributed by atoms with Gasteiger partial charge in [-0.3, -0.25) is 0 Å². The summed E-state index contributed by atoms with van der Waals surface area (Å²) in [7, 11) is 0. The fraction of sp³-hybridized carbons (Fsp3) is 0.833. The molecule has 0 unspecified atom stereocenters. The Bertz CT molecular complexity index is 619. The van der Waals surface area contributed by atoms with Gasteiger partial charge in [-0.25, -0.2) is 0 Å². The van der Waals surface area contributed by atoms with Crippen LogP contribution in [0.4, 0.5) is 0 Å². The Morgan fingerprint density at radius 3 is 2.54 bits per heavy atom. The quantitative estimate of drug-likeness (QED) is 0.530. The van der Waals surface area contributed by atoms with Gasteiger partial charge in [0.25, 0.3) is 0 Å². The summed E-state index contributed by atoms with van der Waals surface area (Å²) in [6.45, 7) is 9.69. The maximum atomic E-state index is 9.69. The molecule has 0 spiro atoms. The van der Waals surface area contributed by atoms with Crippen LogP contribution in [-0.4, -0.2) is 0 Å². The zero-order valence-electron chi connectivity index (χ0n) is 17.2. The summed E-state index contributed by atoms with van der Waals surface area (Å²) in [4.78, 5) is 0.